The van der Waals surface area contributed by atoms with Gasteiger partial charge >= 0.3 is 5.97 Å². The molecule has 2 N–H and O–H groups in total. The van der Waals surface area contributed by atoms with Crippen LogP contribution in [0, 0.1) is 5.92 Å². The van der Waals surface area contributed by atoms with Crippen molar-refractivity contribution >= 4 is 11.9 Å². The normalized spacial score (nSPS) is 13.1. The number of rotatable bonds is 7. The lowest BCUT2D eigenvalue weighted by Gasteiger charge is -2.23. The molecule has 2 atom stereocenters. The highest BCUT2D eigenvalue weighted by molar-refractivity contribution is 5.78. The van der Waals surface area contributed by atoms with Gasteiger partial charge in [0.05, 0.1) is 12.0 Å². The fourth-order valence-corrected chi connectivity index (χ4v) is 2.45. The highest BCUT2D eigenvalue weighted by Gasteiger charge is 2.26. The van der Waals surface area contributed by atoms with E-state index in [1.807, 2.05) is 60.7 Å². The van der Waals surface area contributed by atoms with E-state index in [0.717, 1.165) is 11.1 Å². The van der Waals surface area contributed by atoms with Crippen molar-refractivity contribution < 1.29 is 14.7 Å². The molecule has 2 rings (SSSR count). The van der Waals surface area contributed by atoms with Crippen molar-refractivity contribution in [2.24, 2.45) is 5.92 Å². The Morgan fingerprint density at radius 1 is 1.00 bits per heavy atom. The Balaban J connectivity index is 2.02. The van der Waals surface area contributed by atoms with Crippen molar-refractivity contribution in [1.82, 2.24) is 5.32 Å². The molecule has 0 aliphatic rings. The van der Waals surface area contributed by atoms with Crippen LogP contribution in [0.25, 0.3) is 0 Å². The fraction of sp³-hybridized carbons (Fsp3) is 0.263. The maximum Gasteiger partial charge on any atom is 0.308 e. The Bertz CT molecular complexity index is 640. The lowest BCUT2D eigenvalue weighted by molar-refractivity contribution is -0.142. The van der Waals surface area contributed by atoms with Crippen LogP contribution in [-0.2, 0) is 16.0 Å². The first kappa shape index (κ1) is 16.7. The fourth-order valence-electron chi connectivity index (χ4n) is 2.45. The lowest BCUT2D eigenvalue weighted by Crippen LogP contribution is -2.35. The summed E-state index contributed by atoms with van der Waals surface area (Å²) in [5, 5.41) is 12.1. The first-order chi connectivity index (χ1) is 11.1. The highest BCUT2D eigenvalue weighted by atomic mass is 16.4. The van der Waals surface area contributed by atoms with E-state index in [1.54, 1.807) is 6.92 Å². The van der Waals surface area contributed by atoms with E-state index in [4.69, 9.17) is 0 Å². The number of benzene rings is 2. The molecule has 2 unspecified atom stereocenters. The number of carbonyl (C=O) groups excluding carboxylic acids is 1. The molecule has 2 aromatic carbocycles. The third kappa shape index (κ3) is 4.95. The molecule has 0 aromatic heterocycles. The van der Waals surface area contributed by atoms with Crippen LogP contribution in [0.3, 0.4) is 0 Å². The van der Waals surface area contributed by atoms with Crippen LogP contribution in [0.4, 0.5) is 0 Å². The number of aryl methyl sites for hydroxylation is 1. The molecule has 0 spiro atoms. The van der Waals surface area contributed by atoms with E-state index >= 15 is 0 Å². The second-order valence-corrected chi connectivity index (χ2v) is 5.57. The molecule has 2 aromatic rings. The van der Waals surface area contributed by atoms with Crippen molar-refractivity contribution in [1.29, 1.82) is 0 Å². The third-order valence-corrected chi connectivity index (χ3v) is 3.85. The molecule has 0 saturated heterocycles. The van der Waals surface area contributed by atoms with Crippen LogP contribution < -0.4 is 5.32 Å². The van der Waals surface area contributed by atoms with Gasteiger partial charge in [0.15, 0.2) is 0 Å². The van der Waals surface area contributed by atoms with E-state index in [9.17, 15) is 14.7 Å². The monoisotopic (exact) mass is 311 g/mol. The number of nitrogens with one attached hydrogen (secondary N) is 1. The van der Waals surface area contributed by atoms with E-state index in [2.05, 4.69) is 5.32 Å². The molecule has 0 aliphatic carbocycles. The highest BCUT2D eigenvalue weighted by Crippen LogP contribution is 2.22. The topological polar surface area (TPSA) is 66.4 Å². The molecular formula is C19H21NO3. The van der Waals surface area contributed by atoms with Gasteiger partial charge in [-0.1, -0.05) is 60.7 Å². The number of carboxylic acid groups (broad SMARTS) is 1. The first-order valence-electron chi connectivity index (χ1n) is 7.69. The molecule has 0 bridgehead atoms. The van der Waals surface area contributed by atoms with Crippen LogP contribution >= 0.6 is 0 Å². The van der Waals surface area contributed by atoms with Gasteiger partial charge in [-0.2, -0.15) is 0 Å². The number of amides is 1. The molecule has 0 radical (unpaired) electrons. The summed E-state index contributed by atoms with van der Waals surface area (Å²) in [4.78, 5) is 23.5. The zero-order valence-corrected chi connectivity index (χ0v) is 13.1. The molecule has 120 valence electrons. The molecule has 0 heterocycles. The maximum atomic E-state index is 12.2. The summed E-state index contributed by atoms with van der Waals surface area (Å²) in [5.41, 5.74) is 1.89. The van der Waals surface area contributed by atoms with Crippen LogP contribution in [0.15, 0.2) is 60.7 Å². The number of hydrogen-bond acceptors (Lipinski definition) is 2. The molecule has 0 fully saturated rings. The van der Waals surface area contributed by atoms with E-state index in [0.29, 0.717) is 12.8 Å². The largest absolute Gasteiger partial charge is 0.481 e. The first-order valence-corrected chi connectivity index (χ1v) is 7.69. The Labute approximate surface area is 136 Å². The van der Waals surface area contributed by atoms with Crippen molar-refractivity contribution in [3.63, 3.8) is 0 Å². The van der Waals surface area contributed by atoms with E-state index in [1.165, 1.54) is 0 Å². The minimum Gasteiger partial charge on any atom is -0.481 e. The standard InChI is InChI=1S/C19H21NO3/c1-14(19(22)23)18(16-10-6-3-7-11-16)20-17(21)13-12-15-8-4-2-5-9-15/h2-11,14,18H,12-13H2,1H3,(H,20,21)(H,22,23). The minimum absolute atomic E-state index is 0.143. The van der Waals surface area contributed by atoms with Gasteiger partial charge in [0.1, 0.15) is 0 Å². The van der Waals surface area contributed by atoms with E-state index in [-0.39, 0.29) is 5.91 Å². The number of aliphatic carboxylic acids is 1. The number of carboxylic acids is 1. The second-order valence-electron chi connectivity index (χ2n) is 5.57. The van der Waals surface area contributed by atoms with E-state index < -0.39 is 17.9 Å². The summed E-state index contributed by atoms with van der Waals surface area (Å²) in [7, 11) is 0. The molecule has 0 aliphatic heterocycles. The van der Waals surface area contributed by atoms with Gasteiger partial charge in [-0.25, -0.2) is 0 Å². The molecular weight excluding hydrogens is 290 g/mol. The van der Waals surface area contributed by atoms with Crippen LogP contribution in [-0.4, -0.2) is 17.0 Å². The summed E-state index contributed by atoms with van der Waals surface area (Å²) in [6.45, 7) is 1.61. The Kier molecular flexibility index (Phi) is 5.92. The summed E-state index contributed by atoms with van der Waals surface area (Å²) < 4.78 is 0. The quantitative estimate of drug-likeness (QED) is 0.825. The van der Waals surface area contributed by atoms with Crippen molar-refractivity contribution in [3.8, 4) is 0 Å². The maximum absolute atomic E-state index is 12.2. The molecule has 23 heavy (non-hydrogen) atoms. The van der Waals surface area contributed by atoms with Gasteiger partial charge in [-0.3, -0.25) is 9.59 Å². The SMILES string of the molecule is CC(C(=O)O)C(NC(=O)CCc1ccccc1)c1ccccc1. The Hall–Kier alpha value is -2.62. The zero-order chi connectivity index (χ0) is 16.7. The summed E-state index contributed by atoms with van der Waals surface area (Å²) in [6.07, 6.45) is 0.968. The van der Waals surface area contributed by atoms with Crippen molar-refractivity contribution in [2.45, 2.75) is 25.8 Å². The van der Waals surface area contributed by atoms with Crippen LogP contribution in [0.2, 0.25) is 0 Å². The summed E-state index contributed by atoms with van der Waals surface area (Å²) in [6, 6.07) is 18.4. The minimum atomic E-state index is -0.929. The molecule has 4 nitrogen and oxygen atoms in total. The van der Waals surface area contributed by atoms with Crippen LogP contribution in [0.5, 0.6) is 0 Å². The van der Waals surface area contributed by atoms with Crippen molar-refractivity contribution in [3.05, 3.63) is 71.8 Å². The van der Waals surface area contributed by atoms with Crippen molar-refractivity contribution in [2.75, 3.05) is 0 Å². The van der Waals surface area contributed by atoms with Crippen LogP contribution in [0.1, 0.15) is 30.5 Å². The molecule has 0 saturated carbocycles. The smallest absolute Gasteiger partial charge is 0.308 e. The average molecular weight is 311 g/mol. The number of hydrogen-bond donors (Lipinski definition) is 2. The van der Waals surface area contributed by atoms with Gasteiger partial charge < -0.3 is 10.4 Å². The molecule has 4 heteroatoms. The summed E-state index contributed by atoms with van der Waals surface area (Å²) >= 11 is 0. The average Bonchev–Trinajstić information content (AvgIpc) is 2.59. The van der Waals surface area contributed by atoms with Gasteiger partial charge in [0, 0.05) is 6.42 Å². The predicted molar refractivity (Wildman–Crippen MR) is 88.9 cm³/mol. The third-order valence-electron chi connectivity index (χ3n) is 3.85. The summed E-state index contributed by atoms with van der Waals surface area (Å²) in [5.74, 6) is -1.77. The number of carbonyl (C=O) groups is 2. The predicted octanol–water partition coefficient (Wildman–Crippen LogP) is 3.20. The second kappa shape index (κ2) is 8.13. The van der Waals surface area contributed by atoms with Gasteiger partial charge in [0.25, 0.3) is 0 Å². The Morgan fingerprint density at radius 3 is 2.13 bits per heavy atom. The zero-order valence-electron chi connectivity index (χ0n) is 13.1. The lowest BCUT2D eigenvalue weighted by atomic mass is 9.94. The van der Waals surface area contributed by atoms with Gasteiger partial charge in [0.2, 0.25) is 5.91 Å². The Morgan fingerprint density at radius 2 is 1.57 bits per heavy atom. The van der Waals surface area contributed by atoms with Gasteiger partial charge in [-0.05, 0) is 24.5 Å². The molecule has 1 amide bonds. The van der Waals surface area contributed by atoms with Gasteiger partial charge in [-0.15, -0.1) is 0 Å².